The van der Waals surface area contributed by atoms with E-state index in [4.69, 9.17) is 11.6 Å². The first-order chi connectivity index (χ1) is 8.54. The Kier molecular flexibility index (Phi) is 4.10. The van der Waals surface area contributed by atoms with Crippen LogP contribution in [0.2, 0.25) is 5.02 Å². The normalized spacial score (nSPS) is 12.9. The molecule has 0 saturated heterocycles. The highest BCUT2D eigenvalue weighted by atomic mass is 35.5. The van der Waals surface area contributed by atoms with Crippen LogP contribution >= 0.6 is 22.9 Å². The van der Waals surface area contributed by atoms with Gasteiger partial charge in [-0.25, -0.2) is 0 Å². The molecular weight excluding hydrogens is 268 g/mol. The molecule has 0 radical (unpaired) electrons. The van der Waals surface area contributed by atoms with Gasteiger partial charge in [-0.2, -0.15) is 5.10 Å². The molecule has 0 aliphatic rings. The summed E-state index contributed by atoms with van der Waals surface area (Å²) in [5.74, 6) is 0. The van der Waals surface area contributed by atoms with Crippen LogP contribution in [0.25, 0.3) is 0 Å². The second-order valence-electron chi connectivity index (χ2n) is 4.37. The van der Waals surface area contributed by atoms with Gasteiger partial charge in [-0.1, -0.05) is 18.5 Å². The molecule has 1 unspecified atom stereocenters. The summed E-state index contributed by atoms with van der Waals surface area (Å²) < 4.78 is 1.77. The van der Waals surface area contributed by atoms with E-state index >= 15 is 0 Å². The molecule has 2 aromatic heterocycles. The smallest absolute Gasteiger partial charge is 0.0940 e. The van der Waals surface area contributed by atoms with Crippen LogP contribution < -0.4 is 0 Å². The number of aliphatic hydroxyl groups excluding tert-OH is 1. The monoisotopic (exact) mass is 284 g/mol. The first-order valence-electron chi connectivity index (χ1n) is 5.96. The Morgan fingerprint density at radius 1 is 1.56 bits per heavy atom. The van der Waals surface area contributed by atoms with Crippen molar-refractivity contribution in [1.82, 2.24) is 9.78 Å². The van der Waals surface area contributed by atoms with Gasteiger partial charge in [-0.3, -0.25) is 4.68 Å². The van der Waals surface area contributed by atoms with Crippen molar-refractivity contribution < 1.29 is 5.11 Å². The fraction of sp³-hybridized carbons (Fsp3) is 0.462. The van der Waals surface area contributed by atoms with Crippen LogP contribution in [0.4, 0.5) is 0 Å². The number of aliphatic hydroxyl groups is 1. The van der Waals surface area contributed by atoms with Gasteiger partial charge in [-0.05, 0) is 30.4 Å². The highest BCUT2D eigenvalue weighted by Crippen LogP contribution is 2.30. The van der Waals surface area contributed by atoms with E-state index in [1.165, 1.54) is 0 Å². The number of aryl methyl sites for hydroxylation is 3. The molecule has 2 heterocycles. The van der Waals surface area contributed by atoms with Crippen molar-refractivity contribution in [3.63, 3.8) is 0 Å². The summed E-state index contributed by atoms with van der Waals surface area (Å²) in [6.07, 6.45) is 0.799. The van der Waals surface area contributed by atoms with E-state index in [-0.39, 0.29) is 0 Å². The first kappa shape index (κ1) is 13.6. The zero-order valence-electron chi connectivity index (χ0n) is 10.8. The number of aromatic nitrogens is 2. The highest BCUT2D eigenvalue weighted by Gasteiger charge is 2.19. The fourth-order valence-corrected chi connectivity index (χ4v) is 3.33. The third-order valence-electron chi connectivity index (χ3n) is 3.09. The van der Waals surface area contributed by atoms with Crippen molar-refractivity contribution in [3.8, 4) is 0 Å². The van der Waals surface area contributed by atoms with E-state index < -0.39 is 6.10 Å². The Bertz CT molecular complexity index is 547. The van der Waals surface area contributed by atoms with E-state index in [1.807, 2.05) is 32.3 Å². The van der Waals surface area contributed by atoms with E-state index in [2.05, 4.69) is 5.10 Å². The van der Waals surface area contributed by atoms with Crippen LogP contribution in [-0.2, 0) is 19.9 Å². The Morgan fingerprint density at radius 2 is 2.28 bits per heavy atom. The second kappa shape index (κ2) is 5.43. The van der Waals surface area contributed by atoms with E-state index in [1.54, 1.807) is 16.0 Å². The topological polar surface area (TPSA) is 38.0 Å². The van der Waals surface area contributed by atoms with E-state index in [9.17, 15) is 5.11 Å². The summed E-state index contributed by atoms with van der Waals surface area (Å²) in [5, 5.41) is 17.3. The number of nitrogens with zero attached hydrogens (tertiary/aromatic N) is 2. The lowest BCUT2D eigenvalue weighted by molar-refractivity contribution is 0.179. The average molecular weight is 285 g/mol. The average Bonchev–Trinajstić information content (AvgIpc) is 2.87. The SMILES string of the molecule is CCc1nn(C)c(CC(O)c2sccc2C)c1Cl. The lowest BCUT2D eigenvalue weighted by atomic mass is 10.1. The minimum absolute atomic E-state index is 0.504. The molecule has 0 bridgehead atoms. The number of hydrogen-bond acceptors (Lipinski definition) is 3. The standard InChI is InChI=1S/C13H17ClN2OS/c1-4-9-12(14)10(16(3)15-9)7-11(17)13-8(2)5-6-18-13/h5-6,11,17H,4,7H2,1-3H3. The molecule has 3 nitrogen and oxygen atoms in total. The Hall–Kier alpha value is -0.840. The number of thiophene rings is 1. The molecule has 0 saturated carbocycles. The van der Waals surface area contributed by atoms with E-state index in [0.29, 0.717) is 11.4 Å². The molecule has 5 heteroatoms. The molecule has 0 aliphatic carbocycles. The summed E-state index contributed by atoms with van der Waals surface area (Å²) in [7, 11) is 1.87. The van der Waals surface area contributed by atoms with Crippen LogP contribution in [0.1, 0.15) is 34.9 Å². The van der Waals surface area contributed by atoms with Crippen molar-refractivity contribution >= 4 is 22.9 Å². The maximum absolute atomic E-state index is 10.3. The van der Waals surface area contributed by atoms with Gasteiger partial charge >= 0.3 is 0 Å². The third-order valence-corrected chi connectivity index (χ3v) is 4.65. The molecule has 0 aliphatic heterocycles. The predicted octanol–water partition coefficient (Wildman–Crippen LogP) is 3.28. The molecule has 0 fully saturated rings. The summed E-state index contributed by atoms with van der Waals surface area (Å²) in [4.78, 5) is 1.00. The second-order valence-corrected chi connectivity index (χ2v) is 5.70. The third kappa shape index (κ3) is 2.46. The van der Waals surface area contributed by atoms with Gasteiger partial charge in [0, 0.05) is 18.3 Å². The van der Waals surface area contributed by atoms with Crippen LogP contribution in [-0.4, -0.2) is 14.9 Å². The van der Waals surface area contributed by atoms with Crippen molar-refractivity contribution in [2.45, 2.75) is 32.8 Å². The van der Waals surface area contributed by atoms with Crippen LogP contribution in [0.3, 0.4) is 0 Å². The van der Waals surface area contributed by atoms with Gasteiger partial charge in [0.15, 0.2) is 0 Å². The van der Waals surface area contributed by atoms with Gasteiger partial charge in [-0.15, -0.1) is 11.3 Å². The molecule has 0 aromatic carbocycles. The maximum Gasteiger partial charge on any atom is 0.0940 e. The lowest BCUT2D eigenvalue weighted by Gasteiger charge is -2.10. The fourth-order valence-electron chi connectivity index (χ4n) is 2.04. The maximum atomic E-state index is 10.3. The molecule has 98 valence electrons. The molecule has 2 rings (SSSR count). The summed E-state index contributed by atoms with van der Waals surface area (Å²) >= 11 is 7.86. The molecule has 1 N–H and O–H groups in total. The van der Waals surface area contributed by atoms with Gasteiger partial charge in [0.2, 0.25) is 0 Å². The Balaban J connectivity index is 2.24. The Morgan fingerprint density at radius 3 is 2.78 bits per heavy atom. The molecule has 2 aromatic rings. The van der Waals surface area contributed by atoms with Crippen molar-refractivity contribution in [1.29, 1.82) is 0 Å². The van der Waals surface area contributed by atoms with Crippen molar-refractivity contribution in [3.05, 3.63) is 38.3 Å². The molecule has 0 spiro atoms. The van der Waals surface area contributed by atoms with Gasteiger partial charge in [0.1, 0.15) is 0 Å². The predicted molar refractivity (Wildman–Crippen MR) is 75.3 cm³/mol. The minimum atomic E-state index is -0.511. The van der Waals surface area contributed by atoms with Crippen LogP contribution in [0, 0.1) is 6.92 Å². The lowest BCUT2D eigenvalue weighted by Crippen LogP contribution is -2.06. The number of halogens is 1. The molecule has 0 amide bonds. The van der Waals surface area contributed by atoms with E-state index in [0.717, 1.165) is 28.2 Å². The quantitative estimate of drug-likeness (QED) is 0.936. The molecule has 1 atom stereocenters. The van der Waals surface area contributed by atoms with Gasteiger partial charge in [0.25, 0.3) is 0 Å². The minimum Gasteiger partial charge on any atom is -0.387 e. The molecular formula is C13H17ClN2OS. The van der Waals surface area contributed by atoms with Crippen molar-refractivity contribution in [2.24, 2.45) is 7.05 Å². The zero-order valence-corrected chi connectivity index (χ0v) is 12.3. The summed E-state index contributed by atoms with van der Waals surface area (Å²) in [5.41, 5.74) is 2.92. The Labute approximate surface area is 116 Å². The first-order valence-corrected chi connectivity index (χ1v) is 7.22. The van der Waals surface area contributed by atoms with Crippen LogP contribution in [0.5, 0.6) is 0 Å². The van der Waals surface area contributed by atoms with Crippen molar-refractivity contribution in [2.75, 3.05) is 0 Å². The zero-order chi connectivity index (χ0) is 13.3. The highest BCUT2D eigenvalue weighted by molar-refractivity contribution is 7.10. The largest absolute Gasteiger partial charge is 0.387 e. The number of hydrogen-bond donors (Lipinski definition) is 1. The summed E-state index contributed by atoms with van der Waals surface area (Å²) in [6, 6.07) is 2.02. The number of rotatable bonds is 4. The summed E-state index contributed by atoms with van der Waals surface area (Å²) in [6.45, 7) is 4.04. The van der Waals surface area contributed by atoms with Gasteiger partial charge < -0.3 is 5.11 Å². The van der Waals surface area contributed by atoms with Gasteiger partial charge in [0.05, 0.1) is 22.5 Å². The van der Waals surface area contributed by atoms with Crippen LogP contribution in [0.15, 0.2) is 11.4 Å². The molecule has 18 heavy (non-hydrogen) atoms.